The smallest absolute Gasteiger partial charge is 0.0103 e. The molecule has 0 nitrogen and oxygen atoms in total. The topological polar surface area (TPSA) is 0 Å². The van der Waals surface area contributed by atoms with Crippen molar-refractivity contribution in [1.29, 1.82) is 0 Å². The third-order valence-electron chi connectivity index (χ3n) is 4.27. The summed E-state index contributed by atoms with van der Waals surface area (Å²) in [4.78, 5) is 0. The Morgan fingerprint density at radius 3 is 2.92 bits per heavy atom. The molecule has 2 unspecified atom stereocenters. The highest BCUT2D eigenvalue weighted by molar-refractivity contribution is 5.31. The van der Waals surface area contributed by atoms with Gasteiger partial charge in [0.1, 0.15) is 0 Å². The fourth-order valence-electron chi connectivity index (χ4n) is 3.74. The van der Waals surface area contributed by atoms with E-state index in [4.69, 9.17) is 0 Å². The average Bonchev–Trinajstić information content (AvgIpc) is 2.62. The SMILES string of the molecule is CC1=CCC2C1[C@@H]1C[C@H]2C=C1C. The van der Waals surface area contributed by atoms with Crippen molar-refractivity contribution in [2.45, 2.75) is 26.7 Å². The van der Waals surface area contributed by atoms with E-state index in [0.29, 0.717) is 0 Å². The summed E-state index contributed by atoms with van der Waals surface area (Å²) in [5.41, 5.74) is 3.36. The summed E-state index contributed by atoms with van der Waals surface area (Å²) in [5.74, 6) is 3.81. The van der Waals surface area contributed by atoms with Crippen molar-refractivity contribution in [3.05, 3.63) is 23.3 Å². The summed E-state index contributed by atoms with van der Waals surface area (Å²) in [5, 5.41) is 0. The highest BCUT2D eigenvalue weighted by atomic mass is 14.5. The minimum absolute atomic E-state index is 0.929. The summed E-state index contributed by atoms with van der Waals surface area (Å²) in [6.45, 7) is 4.66. The standard InChI is InChI=1S/C12H16/c1-7-3-4-10-9-5-8(2)11(6-9)12(7)10/h3,5,9-12H,4,6H2,1-2H3/t9-,10?,11-,12?/m1/s1. The van der Waals surface area contributed by atoms with E-state index in [9.17, 15) is 0 Å². The molecule has 0 aliphatic heterocycles. The van der Waals surface area contributed by atoms with Crippen LogP contribution in [0.2, 0.25) is 0 Å². The van der Waals surface area contributed by atoms with Crippen LogP contribution in [0.1, 0.15) is 26.7 Å². The second kappa shape index (κ2) is 2.04. The zero-order chi connectivity index (χ0) is 8.29. The van der Waals surface area contributed by atoms with E-state index in [1.165, 1.54) is 12.8 Å². The second-order valence-corrected chi connectivity index (χ2v) is 4.79. The van der Waals surface area contributed by atoms with E-state index >= 15 is 0 Å². The van der Waals surface area contributed by atoms with Crippen molar-refractivity contribution in [2.24, 2.45) is 23.7 Å². The number of hydrogen-bond donors (Lipinski definition) is 0. The third kappa shape index (κ3) is 0.646. The van der Waals surface area contributed by atoms with Gasteiger partial charge in [-0.2, -0.15) is 0 Å². The van der Waals surface area contributed by atoms with Gasteiger partial charge in [0, 0.05) is 0 Å². The molecular formula is C12H16. The molecule has 3 aliphatic rings. The first-order valence-electron chi connectivity index (χ1n) is 5.12. The van der Waals surface area contributed by atoms with Gasteiger partial charge in [0.2, 0.25) is 0 Å². The minimum atomic E-state index is 0.929. The summed E-state index contributed by atoms with van der Waals surface area (Å²) in [6.07, 6.45) is 7.84. The van der Waals surface area contributed by atoms with Gasteiger partial charge >= 0.3 is 0 Å². The quantitative estimate of drug-likeness (QED) is 0.477. The second-order valence-electron chi connectivity index (χ2n) is 4.79. The van der Waals surface area contributed by atoms with Gasteiger partial charge < -0.3 is 0 Å². The average molecular weight is 160 g/mol. The molecule has 0 aromatic carbocycles. The van der Waals surface area contributed by atoms with Gasteiger partial charge in [0.15, 0.2) is 0 Å². The lowest BCUT2D eigenvalue weighted by molar-refractivity contribution is 0.376. The van der Waals surface area contributed by atoms with Crippen molar-refractivity contribution >= 4 is 0 Å². The highest BCUT2D eigenvalue weighted by Crippen LogP contribution is 2.57. The van der Waals surface area contributed by atoms with E-state index in [1.807, 2.05) is 0 Å². The van der Waals surface area contributed by atoms with Gasteiger partial charge in [-0.15, -0.1) is 0 Å². The zero-order valence-corrected chi connectivity index (χ0v) is 7.88. The molecule has 0 aromatic heterocycles. The van der Waals surface area contributed by atoms with Gasteiger partial charge in [-0.25, -0.2) is 0 Å². The van der Waals surface area contributed by atoms with Crippen molar-refractivity contribution < 1.29 is 0 Å². The Morgan fingerprint density at radius 1 is 1.25 bits per heavy atom. The van der Waals surface area contributed by atoms with Crippen LogP contribution < -0.4 is 0 Å². The van der Waals surface area contributed by atoms with E-state index in [0.717, 1.165) is 23.7 Å². The molecule has 4 atom stereocenters. The fraction of sp³-hybridized carbons (Fsp3) is 0.667. The van der Waals surface area contributed by atoms with Crippen LogP contribution in [0.25, 0.3) is 0 Å². The summed E-state index contributed by atoms with van der Waals surface area (Å²) in [6, 6.07) is 0. The first-order valence-corrected chi connectivity index (χ1v) is 5.12. The highest BCUT2D eigenvalue weighted by Gasteiger charge is 2.48. The van der Waals surface area contributed by atoms with Gasteiger partial charge in [0.25, 0.3) is 0 Å². The maximum Gasteiger partial charge on any atom is -0.0103 e. The van der Waals surface area contributed by atoms with Crippen LogP contribution >= 0.6 is 0 Å². The van der Waals surface area contributed by atoms with Gasteiger partial charge in [-0.1, -0.05) is 23.3 Å². The van der Waals surface area contributed by atoms with E-state index in [1.54, 1.807) is 11.1 Å². The Morgan fingerprint density at radius 2 is 2.08 bits per heavy atom. The lowest BCUT2D eigenvalue weighted by atomic mass is 9.79. The number of allylic oxidation sites excluding steroid dienone is 4. The van der Waals surface area contributed by atoms with Crippen LogP contribution in [0, 0.1) is 23.7 Å². The minimum Gasteiger partial charge on any atom is -0.0850 e. The molecule has 0 amide bonds. The molecule has 1 saturated carbocycles. The molecule has 0 aromatic rings. The normalized spacial score (nSPS) is 49.2. The van der Waals surface area contributed by atoms with Crippen LogP contribution in [0.4, 0.5) is 0 Å². The molecule has 0 N–H and O–H groups in total. The van der Waals surface area contributed by atoms with Crippen molar-refractivity contribution in [1.82, 2.24) is 0 Å². The number of rotatable bonds is 0. The molecule has 0 heteroatoms. The van der Waals surface area contributed by atoms with Crippen LogP contribution in [-0.4, -0.2) is 0 Å². The first kappa shape index (κ1) is 6.94. The van der Waals surface area contributed by atoms with Crippen LogP contribution in [-0.2, 0) is 0 Å². The molecule has 12 heavy (non-hydrogen) atoms. The van der Waals surface area contributed by atoms with Crippen LogP contribution in [0.3, 0.4) is 0 Å². The van der Waals surface area contributed by atoms with Gasteiger partial charge in [-0.3, -0.25) is 0 Å². The van der Waals surface area contributed by atoms with Crippen LogP contribution in [0.15, 0.2) is 23.3 Å². The van der Waals surface area contributed by atoms with E-state index < -0.39 is 0 Å². The lowest BCUT2D eigenvalue weighted by Crippen LogP contribution is -2.17. The number of hydrogen-bond acceptors (Lipinski definition) is 0. The molecular weight excluding hydrogens is 144 g/mol. The fourth-order valence-corrected chi connectivity index (χ4v) is 3.74. The third-order valence-corrected chi connectivity index (χ3v) is 4.27. The zero-order valence-electron chi connectivity index (χ0n) is 7.88. The predicted octanol–water partition coefficient (Wildman–Crippen LogP) is 3.16. The van der Waals surface area contributed by atoms with Gasteiger partial charge in [-0.05, 0) is 50.4 Å². The van der Waals surface area contributed by atoms with E-state index in [-0.39, 0.29) is 0 Å². The van der Waals surface area contributed by atoms with Crippen LogP contribution in [0.5, 0.6) is 0 Å². The maximum absolute atomic E-state index is 2.54. The largest absolute Gasteiger partial charge is 0.0850 e. The number of fused-ring (bicyclic) bond motifs is 5. The van der Waals surface area contributed by atoms with E-state index in [2.05, 4.69) is 26.0 Å². The molecule has 3 rings (SSSR count). The summed E-state index contributed by atoms with van der Waals surface area (Å²) < 4.78 is 0. The molecule has 3 aliphatic carbocycles. The Kier molecular flexibility index (Phi) is 1.18. The Labute approximate surface area is 74.4 Å². The first-order chi connectivity index (χ1) is 5.77. The van der Waals surface area contributed by atoms with Crippen molar-refractivity contribution in [3.8, 4) is 0 Å². The Hall–Kier alpha value is -0.520. The molecule has 1 fully saturated rings. The summed E-state index contributed by atoms with van der Waals surface area (Å²) in [7, 11) is 0. The monoisotopic (exact) mass is 160 g/mol. The van der Waals surface area contributed by atoms with Crippen molar-refractivity contribution in [3.63, 3.8) is 0 Å². The maximum atomic E-state index is 2.54. The molecule has 0 saturated heterocycles. The lowest BCUT2D eigenvalue weighted by Gasteiger charge is -2.25. The molecule has 64 valence electrons. The molecule has 0 spiro atoms. The van der Waals surface area contributed by atoms with Gasteiger partial charge in [0.05, 0.1) is 0 Å². The molecule has 0 heterocycles. The van der Waals surface area contributed by atoms with Crippen molar-refractivity contribution in [2.75, 3.05) is 0 Å². The summed E-state index contributed by atoms with van der Waals surface area (Å²) >= 11 is 0. The Balaban J connectivity index is 2.03. The Bertz CT molecular complexity index is 282. The molecule has 0 radical (unpaired) electrons. The predicted molar refractivity (Wildman–Crippen MR) is 50.7 cm³/mol. The molecule has 2 bridgehead atoms.